The highest BCUT2D eigenvalue weighted by atomic mass is 79.9. The molecule has 18 heavy (non-hydrogen) atoms. The van der Waals surface area contributed by atoms with Crippen LogP contribution in [0.3, 0.4) is 0 Å². The van der Waals surface area contributed by atoms with Gasteiger partial charge in [0.15, 0.2) is 0 Å². The van der Waals surface area contributed by atoms with Crippen LogP contribution < -0.4 is 5.32 Å². The number of hydrogen-bond donors (Lipinski definition) is 1. The number of alkyl halides is 3. The average molecular weight is 341 g/mol. The molecule has 0 bridgehead atoms. The Morgan fingerprint density at radius 3 is 2.83 bits per heavy atom. The lowest BCUT2D eigenvalue weighted by molar-refractivity contribution is -0.137. The summed E-state index contributed by atoms with van der Waals surface area (Å²) >= 11 is 4.78. The number of thioether (sulfide) groups is 1. The van der Waals surface area contributed by atoms with E-state index >= 15 is 0 Å². The van der Waals surface area contributed by atoms with Crippen molar-refractivity contribution in [3.8, 4) is 0 Å². The van der Waals surface area contributed by atoms with Crippen LogP contribution in [0.1, 0.15) is 18.4 Å². The standard InChI is InChI=1S/C11H12BrF3N2S/c12-7-4-9(11(13,14)15)10(16-5-7)17-8-2-1-3-18-6-8/h4-5,8H,1-3,6H2,(H,16,17). The zero-order valence-electron chi connectivity index (χ0n) is 9.43. The highest BCUT2D eigenvalue weighted by Crippen LogP contribution is 2.36. The third-order valence-corrected chi connectivity index (χ3v) is 4.31. The Labute approximate surface area is 116 Å². The molecular weight excluding hydrogens is 329 g/mol. The predicted octanol–water partition coefficient (Wildman–Crippen LogP) is 4.17. The van der Waals surface area contributed by atoms with E-state index in [0.717, 1.165) is 30.4 Å². The van der Waals surface area contributed by atoms with Gasteiger partial charge in [0.25, 0.3) is 0 Å². The van der Waals surface area contributed by atoms with Gasteiger partial charge in [-0.3, -0.25) is 0 Å². The number of halogens is 4. The van der Waals surface area contributed by atoms with Gasteiger partial charge in [0.2, 0.25) is 0 Å². The van der Waals surface area contributed by atoms with Crippen LogP contribution in [0.2, 0.25) is 0 Å². The zero-order valence-corrected chi connectivity index (χ0v) is 11.8. The SMILES string of the molecule is FC(F)(F)c1cc(Br)cnc1NC1CCCSC1. The van der Waals surface area contributed by atoms with E-state index in [1.165, 1.54) is 6.20 Å². The normalized spacial score (nSPS) is 20.8. The highest BCUT2D eigenvalue weighted by molar-refractivity contribution is 9.10. The third-order valence-electron chi connectivity index (χ3n) is 2.66. The van der Waals surface area contributed by atoms with Crippen molar-refractivity contribution < 1.29 is 13.2 Å². The molecular formula is C11H12BrF3N2S. The second-order valence-electron chi connectivity index (χ2n) is 4.11. The Balaban J connectivity index is 2.21. The fourth-order valence-electron chi connectivity index (χ4n) is 1.82. The topological polar surface area (TPSA) is 24.9 Å². The van der Waals surface area contributed by atoms with Gasteiger partial charge in [-0.1, -0.05) is 0 Å². The molecule has 1 atom stereocenters. The maximum absolute atomic E-state index is 12.9. The molecule has 0 spiro atoms. The van der Waals surface area contributed by atoms with Crippen LogP contribution in [0.5, 0.6) is 0 Å². The highest BCUT2D eigenvalue weighted by Gasteiger charge is 2.35. The van der Waals surface area contributed by atoms with Gasteiger partial charge in [0.05, 0.1) is 5.56 Å². The van der Waals surface area contributed by atoms with Gasteiger partial charge in [-0.05, 0) is 40.6 Å². The lowest BCUT2D eigenvalue weighted by Crippen LogP contribution is -2.27. The van der Waals surface area contributed by atoms with E-state index < -0.39 is 11.7 Å². The van der Waals surface area contributed by atoms with Crippen LogP contribution >= 0.6 is 27.7 Å². The summed E-state index contributed by atoms with van der Waals surface area (Å²) in [5, 5.41) is 2.91. The largest absolute Gasteiger partial charge is 0.419 e. The van der Waals surface area contributed by atoms with E-state index in [9.17, 15) is 13.2 Å². The fourth-order valence-corrected chi connectivity index (χ4v) is 3.22. The van der Waals surface area contributed by atoms with Crippen molar-refractivity contribution in [1.82, 2.24) is 4.98 Å². The molecule has 2 heterocycles. The summed E-state index contributed by atoms with van der Waals surface area (Å²) in [4.78, 5) is 3.85. The average Bonchev–Trinajstić information content (AvgIpc) is 2.31. The van der Waals surface area contributed by atoms with Crippen molar-refractivity contribution >= 4 is 33.5 Å². The van der Waals surface area contributed by atoms with Crippen molar-refractivity contribution in [2.75, 3.05) is 16.8 Å². The number of rotatable bonds is 2. The molecule has 7 heteroatoms. The Hall–Kier alpha value is -0.430. The number of nitrogens with one attached hydrogen (secondary N) is 1. The molecule has 0 saturated carbocycles. The van der Waals surface area contributed by atoms with Crippen LogP contribution in [-0.2, 0) is 6.18 Å². The second kappa shape index (κ2) is 5.69. The molecule has 2 nitrogen and oxygen atoms in total. The van der Waals surface area contributed by atoms with Crippen molar-refractivity contribution in [2.45, 2.75) is 25.1 Å². The fraction of sp³-hybridized carbons (Fsp3) is 0.545. The first-order chi connectivity index (χ1) is 8.47. The molecule has 100 valence electrons. The Morgan fingerprint density at radius 2 is 2.22 bits per heavy atom. The Morgan fingerprint density at radius 1 is 1.44 bits per heavy atom. The molecule has 0 radical (unpaired) electrons. The summed E-state index contributed by atoms with van der Waals surface area (Å²) in [6.45, 7) is 0. The van der Waals surface area contributed by atoms with Crippen LogP contribution in [0.25, 0.3) is 0 Å². The number of nitrogens with zero attached hydrogens (tertiary/aromatic N) is 1. The molecule has 1 N–H and O–H groups in total. The molecule has 0 aromatic carbocycles. The maximum Gasteiger partial charge on any atom is 0.419 e. The molecule has 1 fully saturated rings. The van der Waals surface area contributed by atoms with Gasteiger partial charge in [-0.2, -0.15) is 24.9 Å². The molecule has 2 rings (SSSR count). The minimum absolute atomic E-state index is 0.0681. The quantitative estimate of drug-likeness (QED) is 0.874. The number of aromatic nitrogens is 1. The molecule has 1 saturated heterocycles. The first-order valence-electron chi connectivity index (χ1n) is 5.54. The number of hydrogen-bond acceptors (Lipinski definition) is 3. The summed E-state index contributed by atoms with van der Waals surface area (Å²) in [6, 6.07) is 1.13. The van der Waals surface area contributed by atoms with E-state index in [1.54, 1.807) is 11.8 Å². The van der Waals surface area contributed by atoms with E-state index in [2.05, 4.69) is 26.2 Å². The van der Waals surface area contributed by atoms with E-state index in [-0.39, 0.29) is 11.9 Å². The summed E-state index contributed by atoms with van der Waals surface area (Å²) < 4.78 is 39.0. The van der Waals surface area contributed by atoms with Crippen molar-refractivity contribution in [3.05, 3.63) is 22.3 Å². The minimum atomic E-state index is -4.39. The van der Waals surface area contributed by atoms with Gasteiger partial charge in [0.1, 0.15) is 5.82 Å². The van der Waals surface area contributed by atoms with Crippen molar-refractivity contribution in [1.29, 1.82) is 0 Å². The zero-order chi connectivity index (χ0) is 13.2. The molecule has 1 unspecified atom stereocenters. The van der Waals surface area contributed by atoms with Crippen LogP contribution in [0.15, 0.2) is 16.7 Å². The van der Waals surface area contributed by atoms with Gasteiger partial charge < -0.3 is 5.32 Å². The number of anilines is 1. The van der Waals surface area contributed by atoms with E-state index in [4.69, 9.17) is 0 Å². The van der Waals surface area contributed by atoms with Crippen LogP contribution in [0.4, 0.5) is 19.0 Å². The van der Waals surface area contributed by atoms with Crippen molar-refractivity contribution in [3.63, 3.8) is 0 Å². The van der Waals surface area contributed by atoms with E-state index in [1.807, 2.05) is 0 Å². The monoisotopic (exact) mass is 340 g/mol. The Kier molecular flexibility index (Phi) is 4.42. The first-order valence-corrected chi connectivity index (χ1v) is 7.48. The van der Waals surface area contributed by atoms with Crippen molar-refractivity contribution in [2.24, 2.45) is 0 Å². The summed E-state index contributed by atoms with van der Waals surface area (Å²) in [7, 11) is 0. The lowest BCUT2D eigenvalue weighted by Gasteiger charge is -2.24. The second-order valence-corrected chi connectivity index (χ2v) is 6.17. The van der Waals surface area contributed by atoms with Gasteiger partial charge in [0, 0.05) is 22.5 Å². The summed E-state index contributed by atoms with van der Waals surface area (Å²) in [5.74, 6) is 1.84. The first kappa shape index (κ1) is 14.0. The van der Waals surface area contributed by atoms with Gasteiger partial charge in [-0.25, -0.2) is 4.98 Å². The minimum Gasteiger partial charge on any atom is -0.366 e. The maximum atomic E-state index is 12.9. The van der Waals surface area contributed by atoms with Gasteiger partial charge in [-0.15, -0.1) is 0 Å². The molecule has 1 aliphatic heterocycles. The molecule has 1 aromatic rings. The smallest absolute Gasteiger partial charge is 0.366 e. The molecule has 0 amide bonds. The van der Waals surface area contributed by atoms with E-state index in [0.29, 0.717) is 4.47 Å². The summed E-state index contributed by atoms with van der Waals surface area (Å²) in [5.41, 5.74) is -0.715. The predicted molar refractivity (Wildman–Crippen MR) is 70.9 cm³/mol. The molecule has 1 aromatic heterocycles. The van der Waals surface area contributed by atoms with Gasteiger partial charge >= 0.3 is 6.18 Å². The van der Waals surface area contributed by atoms with Crippen LogP contribution in [0, 0.1) is 0 Å². The lowest BCUT2D eigenvalue weighted by atomic mass is 10.1. The molecule has 1 aliphatic rings. The summed E-state index contributed by atoms with van der Waals surface area (Å²) in [6.07, 6.45) is -1.09. The number of pyridine rings is 1. The van der Waals surface area contributed by atoms with Crippen LogP contribution in [-0.4, -0.2) is 22.5 Å². The molecule has 0 aliphatic carbocycles. The Bertz CT molecular complexity index is 419. The third kappa shape index (κ3) is 3.54.